The van der Waals surface area contributed by atoms with E-state index in [1.807, 2.05) is 0 Å². The molecule has 0 saturated carbocycles. The molecule has 1 aromatic carbocycles. The Kier molecular flexibility index (Phi) is 4.84. The summed E-state index contributed by atoms with van der Waals surface area (Å²) in [6, 6.07) is 4.46. The SMILES string of the molecule is C=CCN(CCO)C(=O)c1ccc(C)cc1F. The number of aryl methyl sites for hydroxylation is 1. The molecule has 0 heterocycles. The molecule has 0 aromatic heterocycles. The van der Waals surface area contributed by atoms with E-state index in [1.54, 1.807) is 19.1 Å². The predicted molar refractivity (Wildman–Crippen MR) is 64.3 cm³/mol. The summed E-state index contributed by atoms with van der Waals surface area (Å²) in [5, 5.41) is 8.85. The summed E-state index contributed by atoms with van der Waals surface area (Å²) in [7, 11) is 0. The molecule has 4 heteroatoms. The molecular formula is C13H16FNO2. The Labute approximate surface area is 100 Å². The van der Waals surface area contributed by atoms with Crippen LogP contribution in [-0.4, -0.2) is 35.6 Å². The molecule has 1 rings (SSSR count). The molecule has 1 amide bonds. The van der Waals surface area contributed by atoms with E-state index in [9.17, 15) is 9.18 Å². The second-order valence-electron chi connectivity index (χ2n) is 3.75. The molecule has 0 fully saturated rings. The van der Waals surface area contributed by atoms with Crippen LogP contribution < -0.4 is 0 Å². The Morgan fingerprint density at radius 3 is 2.82 bits per heavy atom. The highest BCUT2D eigenvalue weighted by Crippen LogP contribution is 2.12. The van der Waals surface area contributed by atoms with Gasteiger partial charge in [0.05, 0.1) is 12.2 Å². The second kappa shape index (κ2) is 6.15. The first kappa shape index (κ1) is 13.4. The highest BCUT2D eigenvalue weighted by atomic mass is 19.1. The fraction of sp³-hybridized carbons (Fsp3) is 0.308. The van der Waals surface area contributed by atoms with Gasteiger partial charge in [-0.2, -0.15) is 0 Å². The van der Waals surface area contributed by atoms with Crippen molar-refractivity contribution >= 4 is 5.91 Å². The first-order valence-corrected chi connectivity index (χ1v) is 5.37. The summed E-state index contributed by atoms with van der Waals surface area (Å²) >= 11 is 0. The second-order valence-corrected chi connectivity index (χ2v) is 3.75. The number of carbonyl (C=O) groups is 1. The number of amides is 1. The van der Waals surface area contributed by atoms with Crippen molar-refractivity contribution in [1.29, 1.82) is 0 Å². The van der Waals surface area contributed by atoms with Gasteiger partial charge in [-0.1, -0.05) is 12.1 Å². The highest BCUT2D eigenvalue weighted by molar-refractivity contribution is 5.94. The van der Waals surface area contributed by atoms with Gasteiger partial charge in [-0.15, -0.1) is 6.58 Å². The highest BCUT2D eigenvalue weighted by Gasteiger charge is 2.17. The molecule has 0 aliphatic heterocycles. The normalized spacial score (nSPS) is 10.1. The number of rotatable bonds is 5. The van der Waals surface area contributed by atoms with E-state index >= 15 is 0 Å². The van der Waals surface area contributed by atoms with Crippen LogP contribution in [0.15, 0.2) is 30.9 Å². The Bertz CT molecular complexity index is 418. The maximum atomic E-state index is 13.6. The van der Waals surface area contributed by atoms with Crippen LogP contribution in [0.3, 0.4) is 0 Å². The van der Waals surface area contributed by atoms with Gasteiger partial charge in [0, 0.05) is 13.1 Å². The molecule has 0 spiro atoms. The van der Waals surface area contributed by atoms with Crippen LogP contribution in [0.25, 0.3) is 0 Å². The molecule has 3 nitrogen and oxygen atoms in total. The van der Waals surface area contributed by atoms with E-state index in [0.29, 0.717) is 0 Å². The van der Waals surface area contributed by atoms with Gasteiger partial charge >= 0.3 is 0 Å². The van der Waals surface area contributed by atoms with Gasteiger partial charge in [-0.3, -0.25) is 4.79 Å². The number of aliphatic hydroxyl groups excluding tert-OH is 1. The van der Waals surface area contributed by atoms with E-state index < -0.39 is 11.7 Å². The van der Waals surface area contributed by atoms with Gasteiger partial charge in [0.1, 0.15) is 5.82 Å². The van der Waals surface area contributed by atoms with Gasteiger partial charge in [0.2, 0.25) is 0 Å². The molecule has 0 atom stereocenters. The summed E-state index contributed by atoms with van der Waals surface area (Å²) in [5.41, 5.74) is 0.780. The van der Waals surface area contributed by atoms with Crippen molar-refractivity contribution < 1.29 is 14.3 Å². The van der Waals surface area contributed by atoms with E-state index in [1.165, 1.54) is 17.0 Å². The number of halogens is 1. The van der Waals surface area contributed by atoms with Crippen molar-refractivity contribution in [3.8, 4) is 0 Å². The van der Waals surface area contributed by atoms with E-state index in [-0.39, 0.29) is 25.3 Å². The standard InChI is InChI=1S/C13H16FNO2/c1-3-6-15(7-8-16)13(17)11-5-4-10(2)9-12(11)14/h3-5,9,16H,1,6-8H2,2H3. The fourth-order valence-corrected chi connectivity index (χ4v) is 1.52. The maximum Gasteiger partial charge on any atom is 0.257 e. The first-order valence-electron chi connectivity index (χ1n) is 5.37. The monoisotopic (exact) mass is 237 g/mol. The zero-order valence-corrected chi connectivity index (χ0v) is 9.82. The van der Waals surface area contributed by atoms with E-state index in [4.69, 9.17) is 5.11 Å². The lowest BCUT2D eigenvalue weighted by atomic mass is 10.1. The fourth-order valence-electron chi connectivity index (χ4n) is 1.52. The molecule has 0 unspecified atom stereocenters. The minimum absolute atomic E-state index is 0.0194. The largest absolute Gasteiger partial charge is 0.395 e. The van der Waals surface area contributed by atoms with Crippen molar-refractivity contribution in [3.05, 3.63) is 47.8 Å². The van der Waals surface area contributed by atoms with E-state index in [0.717, 1.165) is 5.56 Å². The third kappa shape index (κ3) is 3.39. The average molecular weight is 237 g/mol. The lowest BCUT2D eigenvalue weighted by molar-refractivity contribution is 0.0738. The van der Waals surface area contributed by atoms with Crippen LogP contribution in [0.4, 0.5) is 4.39 Å². The number of benzene rings is 1. The minimum Gasteiger partial charge on any atom is -0.395 e. The molecule has 0 saturated heterocycles. The van der Waals surface area contributed by atoms with Crippen molar-refractivity contribution in [3.63, 3.8) is 0 Å². The van der Waals surface area contributed by atoms with Crippen LogP contribution in [0.1, 0.15) is 15.9 Å². The van der Waals surface area contributed by atoms with Crippen molar-refractivity contribution in [1.82, 2.24) is 4.90 Å². The zero-order chi connectivity index (χ0) is 12.8. The molecule has 0 aliphatic rings. The van der Waals surface area contributed by atoms with Crippen molar-refractivity contribution in [2.75, 3.05) is 19.7 Å². The van der Waals surface area contributed by atoms with Gasteiger partial charge < -0.3 is 10.0 Å². The van der Waals surface area contributed by atoms with Crippen LogP contribution in [0.5, 0.6) is 0 Å². The molecule has 1 aromatic rings. The molecule has 17 heavy (non-hydrogen) atoms. The summed E-state index contributed by atoms with van der Waals surface area (Å²) in [5.74, 6) is -0.974. The average Bonchev–Trinajstić information content (AvgIpc) is 2.28. The van der Waals surface area contributed by atoms with Crippen LogP contribution in [-0.2, 0) is 0 Å². The lowest BCUT2D eigenvalue weighted by Crippen LogP contribution is -2.34. The van der Waals surface area contributed by atoms with Crippen molar-refractivity contribution in [2.45, 2.75) is 6.92 Å². The molecule has 0 aliphatic carbocycles. The molecule has 0 radical (unpaired) electrons. The Balaban J connectivity index is 2.96. The minimum atomic E-state index is -0.540. The zero-order valence-electron chi connectivity index (χ0n) is 9.82. The summed E-state index contributed by atoms with van der Waals surface area (Å²) in [6.07, 6.45) is 1.54. The lowest BCUT2D eigenvalue weighted by Gasteiger charge is -2.20. The van der Waals surface area contributed by atoms with Gasteiger partial charge in [0.25, 0.3) is 5.91 Å². The van der Waals surface area contributed by atoms with Gasteiger partial charge in [-0.05, 0) is 24.6 Å². The topological polar surface area (TPSA) is 40.5 Å². The summed E-state index contributed by atoms with van der Waals surface area (Å²) in [4.78, 5) is 13.3. The van der Waals surface area contributed by atoms with Crippen LogP contribution >= 0.6 is 0 Å². The Morgan fingerprint density at radius 2 is 2.29 bits per heavy atom. The number of carbonyl (C=O) groups excluding carboxylic acids is 1. The molecule has 92 valence electrons. The third-order valence-electron chi connectivity index (χ3n) is 2.36. The quantitative estimate of drug-likeness (QED) is 0.793. The molecule has 0 bridgehead atoms. The summed E-state index contributed by atoms with van der Waals surface area (Å²) < 4.78 is 13.6. The number of hydrogen-bond donors (Lipinski definition) is 1. The predicted octanol–water partition coefficient (Wildman–Crippen LogP) is 1.75. The Hall–Kier alpha value is -1.68. The smallest absolute Gasteiger partial charge is 0.257 e. The Morgan fingerprint density at radius 1 is 1.59 bits per heavy atom. The third-order valence-corrected chi connectivity index (χ3v) is 2.36. The molecular weight excluding hydrogens is 221 g/mol. The summed E-state index contributed by atoms with van der Waals surface area (Å²) in [6.45, 7) is 5.57. The van der Waals surface area contributed by atoms with Crippen LogP contribution in [0, 0.1) is 12.7 Å². The number of aliphatic hydroxyl groups is 1. The van der Waals surface area contributed by atoms with Crippen molar-refractivity contribution in [2.24, 2.45) is 0 Å². The number of hydrogen-bond acceptors (Lipinski definition) is 2. The van der Waals surface area contributed by atoms with Gasteiger partial charge in [0.15, 0.2) is 0 Å². The van der Waals surface area contributed by atoms with Gasteiger partial charge in [-0.25, -0.2) is 4.39 Å². The first-order chi connectivity index (χ1) is 8.10. The maximum absolute atomic E-state index is 13.6. The number of nitrogens with zero attached hydrogens (tertiary/aromatic N) is 1. The van der Waals surface area contributed by atoms with E-state index in [2.05, 4.69) is 6.58 Å². The molecule has 1 N–H and O–H groups in total. The van der Waals surface area contributed by atoms with Crippen LogP contribution in [0.2, 0.25) is 0 Å².